The van der Waals surface area contributed by atoms with Gasteiger partial charge in [0.05, 0.1) is 7.11 Å². The number of aromatic hydroxyl groups is 1. The molecular weight excluding hydrogens is 268 g/mol. The summed E-state index contributed by atoms with van der Waals surface area (Å²) in [5.41, 5.74) is 2.32. The van der Waals surface area contributed by atoms with Gasteiger partial charge >= 0.3 is 6.16 Å². The third-order valence-electron chi connectivity index (χ3n) is 3.30. The lowest BCUT2D eigenvalue weighted by molar-refractivity contribution is 0.121. The van der Waals surface area contributed by atoms with Crippen LogP contribution in [0.5, 0.6) is 11.5 Å². The Morgan fingerprint density at radius 2 is 1.71 bits per heavy atom. The number of rotatable bonds is 4. The van der Waals surface area contributed by atoms with Gasteiger partial charge in [-0.3, -0.25) is 0 Å². The van der Waals surface area contributed by atoms with Crippen molar-refractivity contribution in [2.24, 2.45) is 0 Å². The summed E-state index contributed by atoms with van der Waals surface area (Å²) in [5, 5.41) is 9.30. The van der Waals surface area contributed by atoms with E-state index in [4.69, 9.17) is 4.74 Å². The smallest absolute Gasteiger partial charge is 0.508 e. The average Bonchev–Trinajstić information content (AvgIpc) is 2.49. The van der Waals surface area contributed by atoms with Gasteiger partial charge in [0.15, 0.2) is 0 Å². The average molecular weight is 286 g/mol. The van der Waals surface area contributed by atoms with Crippen LogP contribution in [-0.4, -0.2) is 18.4 Å². The summed E-state index contributed by atoms with van der Waals surface area (Å²) in [6, 6.07) is 14.6. The van der Waals surface area contributed by atoms with E-state index in [0.29, 0.717) is 11.7 Å². The second-order valence-electron chi connectivity index (χ2n) is 4.90. The minimum atomic E-state index is -0.722. The standard InChI is InChI=1S/C17H18O4/c1-12(14-5-7-15(18)8-6-14)11-13-3-9-16(10-4-13)21-17(19)20-2/h3-10,12,18H,11H2,1-2H3. The third-order valence-corrected chi connectivity index (χ3v) is 3.30. The minimum absolute atomic E-state index is 0.273. The van der Waals surface area contributed by atoms with Crippen LogP contribution >= 0.6 is 0 Å². The predicted molar refractivity (Wildman–Crippen MR) is 79.7 cm³/mol. The van der Waals surface area contributed by atoms with E-state index in [9.17, 15) is 9.90 Å². The fourth-order valence-corrected chi connectivity index (χ4v) is 2.11. The molecule has 0 heterocycles. The van der Waals surface area contributed by atoms with E-state index in [-0.39, 0.29) is 5.75 Å². The van der Waals surface area contributed by atoms with Gasteiger partial charge in [-0.05, 0) is 47.7 Å². The fraction of sp³-hybridized carbons (Fsp3) is 0.235. The molecule has 0 fully saturated rings. The molecule has 0 amide bonds. The van der Waals surface area contributed by atoms with Gasteiger partial charge in [0, 0.05) is 0 Å². The SMILES string of the molecule is COC(=O)Oc1ccc(CC(C)c2ccc(O)cc2)cc1. The van der Waals surface area contributed by atoms with Gasteiger partial charge in [-0.15, -0.1) is 0 Å². The molecule has 2 aromatic carbocycles. The molecule has 1 atom stereocenters. The molecule has 21 heavy (non-hydrogen) atoms. The van der Waals surface area contributed by atoms with Crippen LogP contribution in [0.2, 0.25) is 0 Å². The van der Waals surface area contributed by atoms with Gasteiger partial charge in [-0.1, -0.05) is 31.2 Å². The van der Waals surface area contributed by atoms with Gasteiger partial charge in [0.25, 0.3) is 0 Å². The number of phenols is 1. The summed E-state index contributed by atoms with van der Waals surface area (Å²) in [5.74, 6) is 1.07. The maximum atomic E-state index is 11.0. The molecule has 4 heteroatoms. The molecule has 0 aliphatic carbocycles. The molecule has 0 bridgehead atoms. The Bertz CT molecular complexity index is 587. The third kappa shape index (κ3) is 4.24. The Morgan fingerprint density at radius 3 is 2.29 bits per heavy atom. The van der Waals surface area contributed by atoms with E-state index in [1.807, 2.05) is 24.3 Å². The fourth-order valence-electron chi connectivity index (χ4n) is 2.11. The van der Waals surface area contributed by atoms with E-state index < -0.39 is 6.16 Å². The van der Waals surface area contributed by atoms with E-state index in [0.717, 1.165) is 12.0 Å². The largest absolute Gasteiger partial charge is 0.513 e. The number of methoxy groups -OCH3 is 1. The zero-order valence-electron chi connectivity index (χ0n) is 12.1. The van der Waals surface area contributed by atoms with Crippen LogP contribution in [0.4, 0.5) is 4.79 Å². The molecule has 0 aliphatic heterocycles. The van der Waals surface area contributed by atoms with Crippen molar-refractivity contribution in [1.29, 1.82) is 0 Å². The van der Waals surface area contributed by atoms with Crippen LogP contribution in [-0.2, 0) is 11.2 Å². The van der Waals surface area contributed by atoms with Crippen LogP contribution in [0.15, 0.2) is 48.5 Å². The van der Waals surface area contributed by atoms with Crippen LogP contribution in [0.1, 0.15) is 24.0 Å². The first kappa shape index (κ1) is 14.9. The van der Waals surface area contributed by atoms with Crippen molar-refractivity contribution in [3.63, 3.8) is 0 Å². The van der Waals surface area contributed by atoms with Crippen molar-refractivity contribution in [2.45, 2.75) is 19.3 Å². The molecule has 110 valence electrons. The van der Waals surface area contributed by atoms with Crippen LogP contribution in [0.3, 0.4) is 0 Å². The number of carbonyl (C=O) groups is 1. The maximum Gasteiger partial charge on any atom is 0.513 e. The van der Waals surface area contributed by atoms with E-state index >= 15 is 0 Å². The Balaban J connectivity index is 1.99. The molecule has 0 aliphatic rings. The number of carbonyl (C=O) groups excluding carboxylic acids is 1. The lowest BCUT2D eigenvalue weighted by Gasteiger charge is -2.12. The summed E-state index contributed by atoms with van der Waals surface area (Å²) >= 11 is 0. The van der Waals surface area contributed by atoms with Gasteiger partial charge in [0.1, 0.15) is 11.5 Å². The minimum Gasteiger partial charge on any atom is -0.508 e. The van der Waals surface area contributed by atoms with Crippen molar-refractivity contribution < 1.29 is 19.4 Å². The van der Waals surface area contributed by atoms with Crippen LogP contribution in [0, 0.1) is 0 Å². The van der Waals surface area contributed by atoms with Gasteiger partial charge in [0.2, 0.25) is 0 Å². The molecular formula is C17H18O4. The van der Waals surface area contributed by atoms with Gasteiger partial charge in [-0.2, -0.15) is 0 Å². The summed E-state index contributed by atoms with van der Waals surface area (Å²) < 4.78 is 9.37. The molecule has 2 rings (SSSR count). The summed E-state index contributed by atoms with van der Waals surface area (Å²) in [4.78, 5) is 11.0. The summed E-state index contributed by atoms with van der Waals surface area (Å²) in [6.45, 7) is 2.13. The van der Waals surface area contributed by atoms with Crippen LogP contribution < -0.4 is 4.74 Å². The van der Waals surface area contributed by atoms with Crippen molar-refractivity contribution in [2.75, 3.05) is 7.11 Å². The highest BCUT2D eigenvalue weighted by molar-refractivity contribution is 5.63. The van der Waals surface area contributed by atoms with E-state index in [1.54, 1.807) is 24.3 Å². The first-order valence-electron chi connectivity index (χ1n) is 6.72. The zero-order chi connectivity index (χ0) is 15.2. The quantitative estimate of drug-likeness (QED) is 0.684. The molecule has 1 N–H and O–H groups in total. The summed E-state index contributed by atoms with van der Waals surface area (Å²) in [7, 11) is 1.27. The lowest BCUT2D eigenvalue weighted by atomic mass is 9.94. The second kappa shape index (κ2) is 6.79. The molecule has 1 unspecified atom stereocenters. The molecule has 4 nitrogen and oxygen atoms in total. The Kier molecular flexibility index (Phi) is 4.82. The Hall–Kier alpha value is -2.49. The van der Waals surface area contributed by atoms with Crippen molar-refractivity contribution >= 4 is 6.16 Å². The molecule has 0 spiro atoms. The molecule has 0 radical (unpaired) electrons. The normalized spacial score (nSPS) is 11.7. The summed E-state index contributed by atoms with van der Waals surface area (Å²) in [6.07, 6.45) is 0.142. The molecule has 2 aromatic rings. The van der Waals surface area contributed by atoms with Crippen LogP contribution in [0.25, 0.3) is 0 Å². The topological polar surface area (TPSA) is 55.8 Å². The van der Waals surface area contributed by atoms with Crippen molar-refractivity contribution in [3.05, 3.63) is 59.7 Å². The number of hydrogen-bond acceptors (Lipinski definition) is 4. The number of benzene rings is 2. The Morgan fingerprint density at radius 1 is 1.10 bits per heavy atom. The highest BCUT2D eigenvalue weighted by atomic mass is 16.7. The maximum absolute atomic E-state index is 11.0. The number of hydrogen-bond donors (Lipinski definition) is 1. The van der Waals surface area contributed by atoms with Gasteiger partial charge < -0.3 is 14.6 Å². The first-order chi connectivity index (χ1) is 10.1. The predicted octanol–water partition coefficient (Wildman–Crippen LogP) is 3.88. The molecule has 0 saturated heterocycles. The van der Waals surface area contributed by atoms with E-state index in [2.05, 4.69) is 11.7 Å². The van der Waals surface area contributed by atoms with E-state index in [1.165, 1.54) is 12.7 Å². The monoisotopic (exact) mass is 286 g/mol. The highest BCUT2D eigenvalue weighted by Gasteiger charge is 2.08. The highest BCUT2D eigenvalue weighted by Crippen LogP contribution is 2.23. The number of ether oxygens (including phenoxy) is 2. The molecule has 0 aromatic heterocycles. The van der Waals surface area contributed by atoms with Crippen molar-refractivity contribution in [1.82, 2.24) is 0 Å². The Labute approximate surface area is 123 Å². The molecule has 0 saturated carbocycles. The van der Waals surface area contributed by atoms with Gasteiger partial charge in [-0.25, -0.2) is 4.79 Å². The second-order valence-corrected chi connectivity index (χ2v) is 4.90. The lowest BCUT2D eigenvalue weighted by Crippen LogP contribution is -2.07. The zero-order valence-corrected chi connectivity index (χ0v) is 12.1. The first-order valence-corrected chi connectivity index (χ1v) is 6.72. The number of phenolic OH excluding ortho intramolecular Hbond substituents is 1. The van der Waals surface area contributed by atoms with Crippen molar-refractivity contribution in [3.8, 4) is 11.5 Å².